The van der Waals surface area contributed by atoms with Gasteiger partial charge in [-0.1, -0.05) is 53.2 Å². The Bertz CT molecular complexity index is 896. The Balaban J connectivity index is 1.75. The second-order valence-corrected chi connectivity index (χ2v) is 6.39. The number of hydrogen-bond donors (Lipinski definition) is 2. The van der Waals surface area contributed by atoms with Crippen molar-refractivity contribution in [2.75, 3.05) is 6.61 Å². The zero-order valence-corrected chi connectivity index (χ0v) is 15.0. The number of carbonyl (C=O) groups excluding carboxylic acids is 1. The Morgan fingerprint density at radius 2 is 2.00 bits per heavy atom. The van der Waals surface area contributed by atoms with E-state index in [4.69, 9.17) is 11.6 Å². The first-order valence-electron chi connectivity index (χ1n) is 8.22. The molecule has 2 aromatic carbocycles. The minimum atomic E-state index is -0.402. The van der Waals surface area contributed by atoms with Gasteiger partial charge in [-0.3, -0.25) is 4.79 Å². The van der Waals surface area contributed by atoms with E-state index < -0.39 is 6.04 Å². The van der Waals surface area contributed by atoms with Gasteiger partial charge in [-0.2, -0.15) is 0 Å². The summed E-state index contributed by atoms with van der Waals surface area (Å²) in [5.41, 5.74) is 2.58. The highest BCUT2D eigenvalue weighted by Crippen LogP contribution is 2.17. The highest BCUT2D eigenvalue weighted by molar-refractivity contribution is 6.30. The maximum atomic E-state index is 12.6. The van der Waals surface area contributed by atoms with E-state index in [2.05, 4.69) is 15.6 Å². The second kappa shape index (κ2) is 8.12. The van der Waals surface area contributed by atoms with Gasteiger partial charge in [0.1, 0.15) is 0 Å². The summed E-state index contributed by atoms with van der Waals surface area (Å²) < 4.78 is 1.56. The third kappa shape index (κ3) is 4.09. The highest BCUT2D eigenvalue weighted by atomic mass is 35.5. The number of benzene rings is 2. The summed E-state index contributed by atoms with van der Waals surface area (Å²) in [5.74, 6) is -0.370. The molecule has 0 aliphatic rings. The number of aliphatic hydroxyl groups excluding tert-OH is 1. The Labute approximate surface area is 156 Å². The zero-order chi connectivity index (χ0) is 18.5. The third-order valence-corrected chi connectivity index (χ3v) is 4.28. The Kier molecular flexibility index (Phi) is 5.65. The van der Waals surface area contributed by atoms with Crippen LogP contribution < -0.4 is 5.32 Å². The van der Waals surface area contributed by atoms with E-state index in [9.17, 15) is 9.90 Å². The lowest BCUT2D eigenvalue weighted by Gasteiger charge is -2.15. The Morgan fingerprint density at radius 1 is 1.23 bits per heavy atom. The molecule has 0 saturated heterocycles. The standard InChI is InChI=1S/C19H19ClN4O2/c1-13-18(22-23-24(13)17-9-5-8-15(20)11-17)19(26)21-16(12-25)10-14-6-3-2-4-7-14/h2-9,11,16,25H,10,12H2,1H3,(H,21,26)/t16-/m0/s1. The maximum absolute atomic E-state index is 12.6. The number of amides is 1. The number of hydrogen-bond acceptors (Lipinski definition) is 4. The van der Waals surface area contributed by atoms with E-state index in [1.165, 1.54) is 0 Å². The average Bonchev–Trinajstić information content (AvgIpc) is 3.03. The molecule has 0 spiro atoms. The van der Waals surface area contributed by atoms with Gasteiger partial charge in [0.15, 0.2) is 5.69 Å². The summed E-state index contributed by atoms with van der Waals surface area (Å²) in [6, 6.07) is 16.4. The largest absolute Gasteiger partial charge is 0.394 e. The molecule has 1 amide bonds. The number of carbonyl (C=O) groups is 1. The molecule has 3 rings (SSSR count). The molecule has 1 aromatic heterocycles. The van der Waals surface area contributed by atoms with E-state index in [1.807, 2.05) is 36.4 Å². The van der Waals surface area contributed by atoms with Crippen LogP contribution in [-0.2, 0) is 6.42 Å². The van der Waals surface area contributed by atoms with Crippen LogP contribution in [-0.4, -0.2) is 38.7 Å². The van der Waals surface area contributed by atoms with Gasteiger partial charge >= 0.3 is 0 Å². The molecule has 0 fully saturated rings. The topological polar surface area (TPSA) is 80.0 Å². The molecule has 6 nitrogen and oxygen atoms in total. The zero-order valence-electron chi connectivity index (χ0n) is 14.3. The van der Waals surface area contributed by atoms with Crippen molar-refractivity contribution >= 4 is 17.5 Å². The van der Waals surface area contributed by atoms with Crippen molar-refractivity contribution in [3.8, 4) is 5.69 Å². The fourth-order valence-corrected chi connectivity index (χ4v) is 2.89. The van der Waals surface area contributed by atoms with Crippen LogP contribution in [0.5, 0.6) is 0 Å². The van der Waals surface area contributed by atoms with Gasteiger partial charge in [-0.05, 0) is 37.1 Å². The monoisotopic (exact) mass is 370 g/mol. The van der Waals surface area contributed by atoms with Crippen LogP contribution in [0.1, 0.15) is 21.7 Å². The summed E-state index contributed by atoms with van der Waals surface area (Å²) >= 11 is 6.01. The molecule has 3 aromatic rings. The van der Waals surface area contributed by atoms with Crippen LogP contribution in [0, 0.1) is 6.92 Å². The first-order chi connectivity index (χ1) is 12.6. The average molecular weight is 371 g/mol. The van der Waals surface area contributed by atoms with E-state index >= 15 is 0 Å². The van der Waals surface area contributed by atoms with Crippen molar-refractivity contribution in [3.63, 3.8) is 0 Å². The van der Waals surface area contributed by atoms with Crippen molar-refractivity contribution in [3.05, 3.63) is 76.6 Å². The third-order valence-electron chi connectivity index (χ3n) is 4.04. The molecule has 7 heteroatoms. The first-order valence-corrected chi connectivity index (χ1v) is 8.60. The summed E-state index contributed by atoms with van der Waals surface area (Å²) in [5, 5.41) is 21.0. The van der Waals surface area contributed by atoms with Crippen LogP contribution in [0.25, 0.3) is 5.69 Å². The van der Waals surface area contributed by atoms with Crippen molar-refractivity contribution in [2.24, 2.45) is 0 Å². The van der Waals surface area contributed by atoms with Gasteiger partial charge in [-0.15, -0.1) is 5.10 Å². The normalized spacial score (nSPS) is 12.0. The molecule has 1 heterocycles. The summed E-state index contributed by atoms with van der Waals surface area (Å²) in [6.45, 7) is 1.60. The highest BCUT2D eigenvalue weighted by Gasteiger charge is 2.20. The van der Waals surface area contributed by atoms with Crippen LogP contribution in [0.15, 0.2) is 54.6 Å². The van der Waals surface area contributed by atoms with Crippen molar-refractivity contribution in [1.29, 1.82) is 0 Å². The molecule has 0 saturated carbocycles. The number of nitrogens with one attached hydrogen (secondary N) is 1. The smallest absolute Gasteiger partial charge is 0.274 e. The Morgan fingerprint density at radius 3 is 2.69 bits per heavy atom. The molecular formula is C19H19ClN4O2. The number of aliphatic hydroxyl groups is 1. The van der Waals surface area contributed by atoms with Gasteiger partial charge in [0, 0.05) is 5.02 Å². The van der Waals surface area contributed by atoms with Gasteiger partial charge in [0.2, 0.25) is 0 Å². The lowest BCUT2D eigenvalue weighted by molar-refractivity contribution is 0.0910. The maximum Gasteiger partial charge on any atom is 0.274 e. The predicted octanol–water partition coefficient (Wildman–Crippen LogP) is 2.56. The van der Waals surface area contributed by atoms with Gasteiger partial charge in [-0.25, -0.2) is 4.68 Å². The molecule has 26 heavy (non-hydrogen) atoms. The van der Waals surface area contributed by atoms with Gasteiger partial charge in [0.05, 0.1) is 24.0 Å². The van der Waals surface area contributed by atoms with E-state index in [0.29, 0.717) is 17.1 Å². The van der Waals surface area contributed by atoms with Crippen molar-refractivity contribution < 1.29 is 9.90 Å². The number of aromatic nitrogens is 3. The second-order valence-electron chi connectivity index (χ2n) is 5.96. The summed E-state index contributed by atoms with van der Waals surface area (Å²) in [7, 11) is 0. The molecule has 0 bridgehead atoms. The molecular weight excluding hydrogens is 352 g/mol. The van der Waals surface area contributed by atoms with E-state index in [-0.39, 0.29) is 18.2 Å². The number of rotatable bonds is 6. The SMILES string of the molecule is Cc1c(C(=O)N[C@H](CO)Cc2ccccc2)nnn1-c1cccc(Cl)c1. The predicted molar refractivity (Wildman–Crippen MR) is 99.6 cm³/mol. The van der Waals surface area contributed by atoms with E-state index in [1.54, 1.807) is 29.8 Å². The fourth-order valence-electron chi connectivity index (χ4n) is 2.71. The molecule has 0 aliphatic carbocycles. The van der Waals surface area contributed by atoms with E-state index in [0.717, 1.165) is 11.3 Å². The summed E-state index contributed by atoms with van der Waals surface area (Å²) in [6.07, 6.45) is 0.532. The van der Waals surface area contributed by atoms with Crippen molar-refractivity contribution in [2.45, 2.75) is 19.4 Å². The summed E-state index contributed by atoms with van der Waals surface area (Å²) in [4.78, 5) is 12.6. The van der Waals surface area contributed by atoms with Crippen LogP contribution in [0.4, 0.5) is 0 Å². The lowest BCUT2D eigenvalue weighted by atomic mass is 10.1. The quantitative estimate of drug-likeness (QED) is 0.698. The van der Waals surface area contributed by atoms with Crippen LogP contribution >= 0.6 is 11.6 Å². The van der Waals surface area contributed by atoms with Crippen LogP contribution in [0.2, 0.25) is 5.02 Å². The molecule has 2 N–H and O–H groups in total. The van der Waals surface area contributed by atoms with Gasteiger partial charge < -0.3 is 10.4 Å². The van der Waals surface area contributed by atoms with Crippen LogP contribution in [0.3, 0.4) is 0 Å². The fraction of sp³-hybridized carbons (Fsp3) is 0.211. The molecule has 1 atom stereocenters. The molecule has 134 valence electrons. The van der Waals surface area contributed by atoms with Crippen molar-refractivity contribution in [1.82, 2.24) is 20.3 Å². The minimum absolute atomic E-state index is 0.165. The first kappa shape index (κ1) is 18.1. The lowest BCUT2D eigenvalue weighted by Crippen LogP contribution is -2.39. The number of halogens is 1. The molecule has 0 radical (unpaired) electrons. The Hall–Kier alpha value is -2.70. The minimum Gasteiger partial charge on any atom is -0.394 e. The number of nitrogens with zero attached hydrogens (tertiary/aromatic N) is 3. The molecule has 0 unspecified atom stereocenters. The van der Waals surface area contributed by atoms with Gasteiger partial charge in [0.25, 0.3) is 5.91 Å². The molecule has 0 aliphatic heterocycles.